The molecule has 1 unspecified atom stereocenters. The van der Waals surface area contributed by atoms with Crippen LogP contribution in [0.1, 0.15) is 70.8 Å². The van der Waals surface area contributed by atoms with Gasteiger partial charge < -0.3 is 4.74 Å². The number of ether oxygens (including phenoxy) is 1. The summed E-state index contributed by atoms with van der Waals surface area (Å²) in [5.41, 5.74) is 9.25. The lowest BCUT2D eigenvalue weighted by Crippen LogP contribution is -2.04. The van der Waals surface area contributed by atoms with Crippen LogP contribution in [0.5, 0.6) is 5.75 Å². The van der Waals surface area contributed by atoms with Gasteiger partial charge in [-0.2, -0.15) is 0 Å². The molecule has 148 valence electrons. The minimum atomic E-state index is 0.0808. The first-order valence-electron chi connectivity index (χ1n) is 10.3. The Labute approximate surface area is 173 Å². The zero-order valence-corrected chi connectivity index (χ0v) is 17.9. The van der Waals surface area contributed by atoms with Gasteiger partial charge in [0.05, 0.1) is 6.61 Å². The standard InChI is InChI=1S/C27H28O2/c1-16(2)20-9-11-21(12-10-20)24-15-29-27-25(17(3)13-18(4)26(24)27)23-8-6-7-22(14-23)19(5)28/h6-14,16,24H,15H2,1-5H3. The van der Waals surface area contributed by atoms with E-state index >= 15 is 0 Å². The summed E-state index contributed by atoms with van der Waals surface area (Å²) in [6.07, 6.45) is 0. The fourth-order valence-corrected chi connectivity index (χ4v) is 4.43. The number of benzene rings is 3. The summed E-state index contributed by atoms with van der Waals surface area (Å²) in [4.78, 5) is 11.9. The van der Waals surface area contributed by atoms with Crippen LogP contribution in [-0.4, -0.2) is 12.4 Å². The second-order valence-electron chi connectivity index (χ2n) is 8.45. The van der Waals surface area contributed by atoms with Gasteiger partial charge in [0.15, 0.2) is 5.78 Å². The molecule has 0 aliphatic carbocycles. The Hall–Kier alpha value is -2.87. The van der Waals surface area contributed by atoms with Crippen LogP contribution >= 0.6 is 0 Å². The molecule has 0 bridgehead atoms. The first-order chi connectivity index (χ1) is 13.9. The molecule has 0 fully saturated rings. The fourth-order valence-electron chi connectivity index (χ4n) is 4.43. The van der Waals surface area contributed by atoms with Crippen molar-refractivity contribution in [1.82, 2.24) is 0 Å². The van der Waals surface area contributed by atoms with E-state index in [2.05, 4.69) is 64.1 Å². The largest absolute Gasteiger partial charge is 0.492 e. The molecular formula is C27H28O2. The summed E-state index contributed by atoms with van der Waals surface area (Å²) in [5.74, 6) is 1.82. The highest BCUT2D eigenvalue weighted by Gasteiger charge is 2.31. The first kappa shape index (κ1) is 19.4. The van der Waals surface area contributed by atoms with Gasteiger partial charge in [0.2, 0.25) is 0 Å². The summed E-state index contributed by atoms with van der Waals surface area (Å²) >= 11 is 0. The van der Waals surface area contributed by atoms with Crippen LogP contribution in [0, 0.1) is 13.8 Å². The molecule has 0 saturated carbocycles. The Bertz CT molecular complexity index is 1070. The molecule has 0 N–H and O–H groups in total. The third-order valence-corrected chi connectivity index (χ3v) is 6.03. The van der Waals surface area contributed by atoms with E-state index in [1.807, 2.05) is 18.2 Å². The van der Waals surface area contributed by atoms with Gasteiger partial charge in [-0.1, -0.05) is 62.4 Å². The average Bonchev–Trinajstić information content (AvgIpc) is 3.13. The number of aryl methyl sites for hydroxylation is 2. The Balaban J connectivity index is 1.83. The fraction of sp³-hybridized carbons (Fsp3) is 0.296. The van der Waals surface area contributed by atoms with Crippen molar-refractivity contribution < 1.29 is 9.53 Å². The number of Topliss-reactive ketones (excluding diaryl/α,β-unsaturated/α-hetero) is 1. The van der Waals surface area contributed by atoms with E-state index in [-0.39, 0.29) is 11.7 Å². The van der Waals surface area contributed by atoms with Crippen molar-refractivity contribution in [3.05, 3.63) is 88.0 Å². The molecular weight excluding hydrogens is 356 g/mol. The number of ketones is 1. The van der Waals surface area contributed by atoms with E-state index < -0.39 is 0 Å². The van der Waals surface area contributed by atoms with Gasteiger partial charge in [0.1, 0.15) is 5.75 Å². The van der Waals surface area contributed by atoms with E-state index in [1.165, 1.54) is 27.8 Å². The van der Waals surface area contributed by atoms with E-state index in [0.29, 0.717) is 12.5 Å². The number of hydrogen-bond acceptors (Lipinski definition) is 2. The summed E-state index contributed by atoms with van der Waals surface area (Å²) in [6.45, 7) is 11.0. The van der Waals surface area contributed by atoms with Crippen molar-refractivity contribution in [2.45, 2.75) is 46.5 Å². The zero-order chi connectivity index (χ0) is 20.7. The maximum absolute atomic E-state index is 11.9. The average molecular weight is 385 g/mol. The summed E-state index contributed by atoms with van der Waals surface area (Å²) in [7, 11) is 0. The molecule has 0 aromatic heterocycles. The number of rotatable bonds is 4. The van der Waals surface area contributed by atoms with Gasteiger partial charge in [-0.05, 0) is 60.6 Å². The minimum Gasteiger partial charge on any atom is -0.492 e. The normalized spacial score (nSPS) is 15.3. The zero-order valence-electron chi connectivity index (χ0n) is 17.9. The first-order valence-corrected chi connectivity index (χ1v) is 10.3. The van der Waals surface area contributed by atoms with Crippen LogP contribution in [0.4, 0.5) is 0 Å². The topological polar surface area (TPSA) is 26.3 Å². The lowest BCUT2D eigenvalue weighted by Gasteiger charge is -2.17. The molecule has 0 radical (unpaired) electrons. The van der Waals surface area contributed by atoms with Crippen LogP contribution in [-0.2, 0) is 0 Å². The third kappa shape index (κ3) is 3.48. The molecule has 0 saturated heterocycles. The molecule has 1 aliphatic heterocycles. The third-order valence-electron chi connectivity index (χ3n) is 6.03. The number of fused-ring (bicyclic) bond motifs is 1. The van der Waals surface area contributed by atoms with Gasteiger partial charge in [0, 0.05) is 22.6 Å². The molecule has 1 atom stereocenters. The van der Waals surface area contributed by atoms with Crippen molar-refractivity contribution in [2.24, 2.45) is 0 Å². The van der Waals surface area contributed by atoms with Crippen LogP contribution < -0.4 is 4.74 Å². The van der Waals surface area contributed by atoms with E-state index in [9.17, 15) is 4.79 Å². The van der Waals surface area contributed by atoms with Gasteiger partial charge in [0.25, 0.3) is 0 Å². The summed E-state index contributed by atoms with van der Waals surface area (Å²) in [5, 5.41) is 0. The van der Waals surface area contributed by atoms with Crippen LogP contribution in [0.15, 0.2) is 54.6 Å². The van der Waals surface area contributed by atoms with E-state index in [1.54, 1.807) is 6.92 Å². The van der Waals surface area contributed by atoms with Crippen molar-refractivity contribution in [2.75, 3.05) is 6.61 Å². The molecule has 2 nitrogen and oxygen atoms in total. The van der Waals surface area contributed by atoms with Crippen LogP contribution in [0.2, 0.25) is 0 Å². The Morgan fingerprint density at radius 2 is 1.72 bits per heavy atom. The van der Waals surface area contributed by atoms with Gasteiger partial charge in [-0.25, -0.2) is 0 Å². The van der Waals surface area contributed by atoms with Crippen molar-refractivity contribution in [3.8, 4) is 16.9 Å². The molecule has 29 heavy (non-hydrogen) atoms. The molecule has 1 heterocycles. The van der Waals surface area contributed by atoms with Crippen molar-refractivity contribution in [3.63, 3.8) is 0 Å². The highest BCUT2D eigenvalue weighted by Crippen LogP contribution is 2.47. The van der Waals surface area contributed by atoms with Gasteiger partial charge >= 0.3 is 0 Å². The molecule has 3 aromatic rings. The van der Waals surface area contributed by atoms with Crippen LogP contribution in [0.3, 0.4) is 0 Å². The quantitative estimate of drug-likeness (QED) is 0.461. The van der Waals surface area contributed by atoms with Gasteiger partial charge in [-0.3, -0.25) is 4.79 Å². The lowest BCUT2D eigenvalue weighted by molar-refractivity contribution is 0.101. The number of hydrogen-bond donors (Lipinski definition) is 0. The van der Waals surface area contributed by atoms with Crippen molar-refractivity contribution in [1.29, 1.82) is 0 Å². The molecule has 3 aromatic carbocycles. The monoisotopic (exact) mass is 384 g/mol. The smallest absolute Gasteiger partial charge is 0.159 e. The Morgan fingerprint density at radius 1 is 1.00 bits per heavy atom. The van der Waals surface area contributed by atoms with Crippen LogP contribution in [0.25, 0.3) is 11.1 Å². The summed E-state index contributed by atoms with van der Waals surface area (Å²) < 4.78 is 6.31. The maximum atomic E-state index is 11.9. The molecule has 0 amide bonds. The highest BCUT2D eigenvalue weighted by atomic mass is 16.5. The number of carbonyl (C=O) groups excluding carboxylic acids is 1. The molecule has 2 heteroatoms. The maximum Gasteiger partial charge on any atom is 0.159 e. The molecule has 1 aliphatic rings. The Kier molecular flexibility index (Phi) is 5.04. The van der Waals surface area contributed by atoms with E-state index in [0.717, 1.165) is 22.4 Å². The Morgan fingerprint density at radius 3 is 2.38 bits per heavy atom. The molecule has 4 rings (SSSR count). The second kappa shape index (κ2) is 7.51. The predicted octanol–water partition coefficient (Wildman–Crippen LogP) is 6.82. The predicted molar refractivity (Wildman–Crippen MR) is 119 cm³/mol. The SMILES string of the molecule is CC(=O)c1cccc(-c2c(C)cc(C)c3c2OCC3c2ccc(C(C)C)cc2)c1. The van der Waals surface area contributed by atoms with E-state index in [4.69, 9.17) is 4.74 Å². The number of carbonyl (C=O) groups is 1. The minimum absolute atomic E-state index is 0.0808. The van der Waals surface area contributed by atoms with Gasteiger partial charge in [-0.15, -0.1) is 0 Å². The highest BCUT2D eigenvalue weighted by molar-refractivity contribution is 5.95. The summed E-state index contributed by atoms with van der Waals surface area (Å²) in [6, 6.07) is 19.1. The second-order valence-corrected chi connectivity index (χ2v) is 8.45. The van der Waals surface area contributed by atoms with Crippen molar-refractivity contribution >= 4 is 5.78 Å². The lowest BCUT2D eigenvalue weighted by atomic mass is 9.85. The molecule has 0 spiro atoms.